The van der Waals surface area contributed by atoms with E-state index >= 15 is 0 Å². The number of hydrogen-bond acceptors (Lipinski definition) is 4. The first-order valence-electron chi connectivity index (χ1n) is 23.1. The van der Waals surface area contributed by atoms with E-state index in [2.05, 4.69) is 20.8 Å². The first kappa shape index (κ1) is 49.4. The molecule has 0 aromatic carbocycles. The molecule has 1 atom stereocenters. The summed E-state index contributed by atoms with van der Waals surface area (Å²) in [6.07, 6.45) is 48.6. The molecule has 0 radical (unpaired) electrons. The fraction of sp³-hybridized carbons (Fsp3) is 0.978. The second-order valence-electron chi connectivity index (χ2n) is 15.6. The highest BCUT2D eigenvalue weighted by atomic mass is 16.6. The molecule has 0 N–H and O–H groups in total. The maximum absolute atomic E-state index is 12.9. The van der Waals surface area contributed by atoms with Crippen LogP contribution in [-0.4, -0.2) is 38.5 Å². The Morgan fingerprint density at radius 3 is 0.920 bits per heavy atom. The van der Waals surface area contributed by atoms with Crippen molar-refractivity contribution in [3.63, 3.8) is 0 Å². The van der Waals surface area contributed by atoms with Gasteiger partial charge in [-0.2, -0.15) is 0 Å². The molecular formula is C46H92O4. The van der Waals surface area contributed by atoms with E-state index < -0.39 is 6.10 Å². The molecule has 0 aromatic rings. The number of carbonyl (C=O) groups is 1. The average Bonchev–Trinajstić information content (AvgIpc) is 3.12. The Kier molecular flexibility index (Phi) is 44.0. The Morgan fingerprint density at radius 2 is 0.600 bits per heavy atom. The van der Waals surface area contributed by atoms with Gasteiger partial charge in [0.25, 0.3) is 0 Å². The van der Waals surface area contributed by atoms with Crippen molar-refractivity contribution in [1.29, 1.82) is 0 Å². The third-order valence-electron chi connectivity index (χ3n) is 10.5. The lowest BCUT2D eigenvalue weighted by atomic mass is 10.0. The molecule has 0 aliphatic carbocycles. The van der Waals surface area contributed by atoms with Crippen LogP contribution in [0, 0.1) is 0 Å². The van der Waals surface area contributed by atoms with Gasteiger partial charge in [0.2, 0.25) is 0 Å². The number of ether oxygens (including phenoxy) is 3. The molecule has 0 aromatic heterocycles. The van der Waals surface area contributed by atoms with Crippen molar-refractivity contribution >= 4 is 5.97 Å². The summed E-state index contributed by atoms with van der Waals surface area (Å²) in [6.45, 7) is 9.02. The lowest BCUT2D eigenvalue weighted by Crippen LogP contribution is -2.32. The Bertz CT molecular complexity index is 623. The van der Waals surface area contributed by atoms with Gasteiger partial charge in [0.05, 0.1) is 13.2 Å². The minimum absolute atomic E-state index is 0.225. The van der Waals surface area contributed by atoms with E-state index in [0.29, 0.717) is 26.4 Å². The fourth-order valence-corrected chi connectivity index (χ4v) is 6.97. The van der Waals surface area contributed by atoms with Crippen molar-refractivity contribution < 1.29 is 19.0 Å². The van der Waals surface area contributed by atoms with Crippen LogP contribution in [0.2, 0.25) is 0 Å². The third-order valence-corrected chi connectivity index (χ3v) is 10.5. The van der Waals surface area contributed by atoms with Crippen molar-refractivity contribution in [3.05, 3.63) is 0 Å². The van der Waals surface area contributed by atoms with E-state index in [4.69, 9.17) is 14.2 Å². The van der Waals surface area contributed by atoms with Gasteiger partial charge >= 0.3 is 5.97 Å². The van der Waals surface area contributed by atoms with Crippen LogP contribution in [-0.2, 0) is 19.0 Å². The Morgan fingerprint density at radius 1 is 0.340 bits per heavy atom. The number of hydrogen-bond donors (Lipinski definition) is 0. The standard InChI is InChI=1S/C46H92O4/c1-4-7-10-13-16-19-22-23-24-25-26-27-28-31-34-37-40-43-50-46(47)45(49-42-39-36-33-30-21-18-15-12-9-6-3)44-48-41-38-35-32-29-20-17-14-11-8-5-2/h45H,4-44H2,1-3H3. The van der Waals surface area contributed by atoms with Crippen LogP contribution < -0.4 is 0 Å². The van der Waals surface area contributed by atoms with Crippen molar-refractivity contribution in [2.75, 3.05) is 26.4 Å². The van der Waals surface area contributed by atoms with Gasteiger partial charge in [-0.3, -0.25) is 0 Å². The quantitative estimate of drug-likeness (QED) is 0.0467. The van der Waals surface area contributed by atoms with E-state index in [1.54, 1.807) is 0 Å². The first-order valence-corrected chi connectivity index (χ1v) is 23.1. The molecule has 0 amide bonds. The van der Waals surface area contributed by atoms with Crippen LogP contribution in [0.1, 0.15) is 258 Å². The van der Waals surface area contributed by atoms with Gasteiger partial charge in [0.1, 0.15) is 0 Å². The number of unbranched alkanes of at least 4 members (excludes halogenated alkanes) is 34. The third kappa shape index (κ3) is 40.2. The Hall–Kier alpha value is -0.610. The molecule has 4 nitrogen and oxygen atoms in total. The summed E-state index contributed by atoms with van der Waals surface area (Å²) in [6, 6.07) is 0. The lowest BCUT2D eigenvalue weighted by molar-refractivity contribution is -0.161. The van der Waals surface area contributed by atoms with Crippen LogP contribution >= 0.6 is 0 Å². The second-order valence-corrected chi connectivity index (χ2v) is 15.6. The zero-order valence-corrected chi connectivity index (χ0v) is 34.7. The smallest absolute Gasteiger partial charge is 0.337 e. The van der Waals surface area contributed by atoms with Crippen molar-refractivity contribution in [1.82, 2.24) is 0 Å². The highest BCUT2D eigenvalue weighted by Crippen LogP contribution is 2.15. The molecule has 0 heterocycles. The zero-order chi connectivity index (χ0) is 36.3. The van der Waals surface area contributed by atoms with E-state index in [1.807, 2.05) is 0 Å². The molecule has 50 heavy (non-hydrogen) atoms. The van der Waals surface area contributed by atoms with Gasteiger partial charge in [-0.15, -0.1) is 0 Å². The monoisotopic (exact) mass is 709 g/mol. The summed E-state index contributed by atoms with van der Waals surface area (Å²) >= 11 is 0. The lowest BCUT2D eigenvalue weighted by Gasteiger charge is -2.17. The predicted octanol–water partition coefficient (Wildman–Crippen LogP) is 15.4. The Labute approximate surface area is 315 Å². The summed E-state index contributed by atoms with van der Waals surface area (Å²) in [7, 11) is 0. The van der Waals surface area contributed by atoms with Crippen LogP contribution in [0.15, 0.2) is 0 Å². The number of rotatable bonds is 44. The second kappa shape index (κ2) is 44.6. The topological polar surface area (TPSA) is 44.8 Å². The van der Waals surface area contributed by atoms with Crippen molar-refractivity contribution in [2.45, 2.75) is 264 Å². The number of esters is 1. The predicted molar refractivity (Wildman–Crippen MR) is 219 cm³/mol. The van der Waals surface area contributed by atoms with E-state index in [1.165, 1.54) is 212 Å². The molecule has 4 heteroatoms. The van der Waals surface area contributed by atoms with E-state index in [9.17, 15) is 4.79 Å². The molecule has 0 aliphatic heterocycles. The van der Waals surface area contributed by atoms with Crippen molar-refractivity contribution in [2.24, 2.45) is 0 Å². The molecule has 300 valence electrons. The molecule has 0 saturated carbocycles. The van der Waals surface area contributed by atoms with Gasteiger partial charge in [0, 0.05) is 13.2 Å². The highest BCUT2D eigenvalue weighted by Gasteiger charge is 2.21. The van der Waals surface area contributed by atoms with Crippen LogP contribution in [0.5, 0.6) is 0 Å². The fourth-order valence-electron chi connectivity index (χ4n) is 6.97. The minimum Gasteiger partial charge on any atom is -0.464 e. The van der Waals surface area contributed by atoms with Crippen LogP contribution in [0.25, 0.3) is 0 Å². The van der Waals surface area contributed by atoms with E-state index in [0.717, 1.165) is 25.7 Å². The largest absolute Gasteiger partial charge is 0.464 e. The van der Waals surface area contributed by atoms with Crippen molar-refractivity contribution in [3.8, 4) is 0 Å². The first-order chi connectivity index (χ1) is 24.8. The molecule has 0 saturated heterocycles. The highest BCUT2D eigenvalue weighted by molar-refractivity contribution is 5.74. The summed E-state index contributed by atoms with van der Waals surface area (Å²) in [4.78, 5) is 12.9. The minimum atomic E-state index is -0.581. The maximum Gasteiger partial charge on any atom is 0.337 e. The molecule has 0 rings (SSSR count). The summed E-state index contributed by atoms with van der Waals surface area (Å²) in [5.41, 5.74) is 0. The van der Waals surface area contributed by atoms with Gasteiger partial charge < -0.3 is 14.2 Å². The van der Waals surface area contributed by atoms with Crippen LogP contribution in [0.3, 0.4) is 0 Å². The van der Waals surface area contributed by atoms with Gasteiger partial charge in [-0.25, -0.2) is 4.79 Å². The van der Waals surface area contributed by atoms with Gasteiger partial charge in [-0.05, 0) is 19.3 Å². The summed E-state index contributed by atoms with van der Waals surface area (Å²) in [5.74, 6) is -0.225. The molecule has 1 unspecified atom stereocenters. The maximum atomic E-state index is 12.9. The SMILES string of the molecule is CCCCCCCCCCCCCCCCCCCOC(=O)C(COCCCCCCCCCCCC)OCCCCCCCCCCCC. The molecule has 0 fully saturated rings. The molecule has 0 spiro atoms. The zero-order valence-electron chi connectivity index (χ0n) is 34.7. The normalized spacial score (nSPS) is 12.1. The van der Waals surface area contributed by atoms with Gasteiger partial charge in [0.15, 0.2) is 6.10 Å². The molecule has 0 bridgehead atoms. The summed E-state index contributed by atoms with van der Waals surface area (Å²) < 4.78 is 17.7. The average molecular weight is 709 g/mol. The van der Waals surface area contributed by atoms with Crippen LogP contribution in [0.4, 0.5) is 0 Å². The molecule has 0 aliphatic rings. The van der Waals surface area contributed by atoms with Gasteiger partial charge in [-0.1, -0.05) is 239 Å². The summed E-state index contributed by atoms with van der Waals surface area (Å²) in [5, 5.41) is 0. The van der Waals surface area contributed by atoms with E-state index in [-0.39, 0.29) is 5.97 Å². The molecular weight excluding hydrogens is 617 g/mol. The Balaban J connectivity index is 3.99. The number of carbonyl (C=O) groups excluding carboxylic acids is 1.